The Labute approximate surface area is 100 Å². The van der Waals surface area contributed by atoms with Crippen LogP contribution in [-0.2, 0) is 9.59 Å². The quantitative estimate of drug-likeness (QED) is 0.772. The van der Waals surface area contributed by atoms with Crippen molar-refractivity contribution in [2.24, 2.45) is 0 Å². The number of nitrogens with one attached hydrogen (secondary N) is 1. The normalized spacial score (nSPS) is 26.4. The summed E-state index contributed by atoms with van der Waals surface area (Å²) >= 11 is 1.62. The van der Waals surface area contributed by atoms with Crippen molar-refractivity contribution in [3.63, 3.8) is 0 Å². The van der Waals surface area contributed by atoms with E-state index in [4.69, 9.17) is 5.11 Å². The minimum atomic E-state index is -0.943. The van der Waals surface area contributed by atoms with Crippen molar-refractivity contribution in [3.05, 3.63) is 0 Å². The van der Waals surface area contributed by atoms with E-state index in [1.165, 1.54) is 0 Å². The molecule has 0 aromatic heterocycles. The Kier molecular flexibility index (Phi) is 4.65. The third kappa shape index (κ3) is 3.14. The van der Waals surface area contributed by atoms with Gasteiger partial charge in [0.25, 0.3) is 0 Å². The van der Waals surface area contributed by atoms with E-state index in [-0.39, 0.29) is 5.91 Å². The smallest absolute Gasteiger partial charge is 0.326 e. The van der Waals surface area contributed by atoms with Gasteiger partial charge in [0.05, 0.1) is 4.75 Å². The molecule has 1 saturated heterocycles. The molecule has 1 rings (SSSR count). The highest BCUT2D eigenvalue weighted by atomic mass is 32.2. The van der Waals surface area contributed by atoms with Crippen LogP contribution in [0.25, 0.3) is 0 Å². The number of hydrogen-bond acceptors (Lipinski definition) is 3. The molecular formula is C11H19NO3S. The van der Waals surface area contributed by atoms with Gasteiger partial charge in [-0.15, -0.1) is 11.8 Å². The van der Waals surface area contributed by atoms with Gasteiger partial charge in [0.1, 0.15) is 6.04 Å². The zero-order valence-corrected chi connectivity index (χ0v) is 10.6. The predicted octanol–water partition coefficient (Wildman–Crippen LogP) is 1.64. The van der Waals surface area contributed by atoms with Crippen LogP contribution in [0.15, 0.2) is 0 Å². The molecule has 0 aliphatic carbocycles. The Bertz CT molecular complexity index is 274. The molecule has 16 heavy (non-hydrogen) atoms. The maximum atomic E-state index is 12.0. The molecule has 0 spiro atoms. The van der Waals surface area contributed by atoms with Gasteiger partial charge >= 0.3 is 5.97 Å². The third-order valence-electron chi connectivity index (χ3n) is 2.88. The maximum absolute atomic E-state index is 12.0. The largest absolute Gasteiger partial charge is 0.480 e. The molecule has 92 valence electrons. The lowest BCUT2D eigenvalue weighted by Crippen LogP contribution is -2.48. The van der Waals surface area contributed by atoms with Crippen LogP contribution < -0.4 is 5.32 Å². The SMILES string of the molecule is CCCC(NC(=O)C1(C)CCCS1)C(=O)O. The highest BCUT2D eigenvalue weighted by Crippen LogP contribution is 2.37. The number of hydrogen-bond donors (Lipinski definition) is 2. The van der Waals surface area contributed by atoms with Crippen LogP contribution in [-0.4, -0.2) is 33.5 Å². The van der Waals surface area contributed by atoms with E-state index in [0.29, 0.717) is 6.42 Å². The van der Waals surface area contributed by atoms with Crippen LogP contribution in [0.5, 0.6) is 0 Å². The van der Waals surface area contributed by atoms with Gasteiger partial charge in [-0.2, -0.15) is 0 Å². The van der Waals surface area contributed by atoms with Gasteiger partial charge < -0.3 is 10.4 Å². The molecule has 5 heteroatoms. The Morgan fingerprint density at radius 2 is 2.25 bits per heavy atom. The van der Waals surface area contributed by atoms with E-state index >= 15 is 0 Å². The van der Waals surface area contributed by atoms with Crippen molar-refractivity contribution < 1.29 is 14.7 Å². The zero-order valence-electron chi connectivity index (χ0n) is 9.78. The molecule has 1 aliphatic heterocycles. The molecular weight excluding hydrogens is 226 g/mol. The Morgan fingerprint density at radius 3 is 2.69 bits per heavy atom. The minimum Gasteiger partial charge on any atom is -0.480 e. The number of carboxylic acid groups (broad SMARTS) is 1. The standard InChI is InChI=1S/C11H19NO3S/c1-3-5-8(9(13)14)12-10(15)11(2)6-4-7-16-11/h8H,3-7H2,1-2H3,(H,12,15)(H,13,14). The van der Waals surface area contributed by atoms with E-state index in [0.717, 1.165) is 25.0 Å². The van der Waals surface area contributed by atoms with Crippen LogP contribution in [0.3, 0.4) is 0 Å². The summed E-state index contributed by atoms with van der Waals surface area (Å²) in [6.07, 6.45) is 3.10. The van der Waals surface area contributed by atoms with Gasteiger partial charge in [-0.3, -0.25) is 4.79 Å². The van der Waals surface area contributed by atoms with Crippen LogP contribution in [0, 0.1) is 0 Å². The molecule has 4 nitrogen and oxygen atoms in total. The Balaban J connectivity index is 2.57. The van der Waals surface area contributed by atoms with E-state index in [2.05, 4.69) is 5.32 Å². The molecule has 2 N–H and O–H groups in total. The van der Waals surface area contributed by atoms with Crippen molar-refractivity contribution in [1.29, 1.82) is 0 Å². The lowest BCUT2D eigenvalue weighted by atomic mass is 10.0. The number of rotatable bonds is 5. The number of amides is 1. The van der Waals surface area contributed by atoms with Gasteiger partial charge in [0.15, 0.2) is 0 Å². The molecule has 1 aliphatic rings. The first-order valence-electron chi connectivity index (χ1n) is 5.67. The molecule has 0 radical (unpaired) electrons. The highest BCUT2D eigenvalue weighted by molar-refractivity contribution is 8.01. The number of aliphatic carboxylic acids is 1. The van der Waals surface area contributed by atoms with E-state index in [9.17, 15) is 9.59 Å². The average molecular weight is 245 g/mol. The summed E-state index contributed by atoms with van der Waals surface area (Å²) in [4.78, 5) is 22.9. The lowest BCUT2D eigenvalue weighted by molar-refractivity contribution is -0.142. The third-order valence-corrected chi connectivity index (χ3v) is 4.40. The summed E-state index contributed by atoms with van der Waals surface area (Å²) in [5.74, 6) is -0.0900. The average Bonchev–Trinajstić information content (AvgIpc) is 2.65. The van der Waals surface area contributed by atoms with Crippen molar-refractivity contribution >= 4 is 23.6 Å². The monoisotopic (exact) mass is 245 g/mol. The van der Waals surface area contributed by atoms with Gasteiger partial charge in [-0.05, 0) is 31.9 Å². The first-order chi connectivity index (χ1) is 7.49. The van der Waals surface area contributed by atoms with Crippen LogP contribution in [0.2, 0.25) is 0 Å². The molecule has 1 fully saturated rings. The summed E-state index contributed by atoms with van der Waals surface area (Å²) in [6, 6.07) is -0.740. The number of carbonyl (C=O) groups excluding carboxylic acids is 1. The molecule has 1 heterocycles. The predicted molar refractivity (Wildman–Crippen MR) is 64.6 cm³/mol. The second kappa shape index (κ2) is 5.57. The first-order valence-corrected chi connectivity index (χ1v) is 6.66. The summed E-state index contributed by atoms with van der Waals surface area (Å²) in [5.41, 5.74) is 0. The maximum Gasteiger partial charge on any atom is 0.326 e. The highest BCUT2D eigenvalue weighted by Gasteiger charge is 2.38. The lowest BCUT2D eigenvalue weighted by Gasteiger charge is -2.24. The van der Waals surface area contributed by atoms with E-state index < -0.39 is 16.8 Å². The van der Waals surface area contributed by atoms with Crippen molar-refractivity contribution in [3.8, 4) is 0 Å². The molecule has 1 amide bonds. The number of carbonyl (C=O) groups is 2. The van der Waals surface area contributed by atoms with Gasteiger partial charge in [0.2, 0.25) is 5.91 Å². The molecule has 2 atom stereocenters. The Morgan fingerprint density at radius 1 is 1.56 bits per heavy atom. The second-order valence-electron chi connectivity index (χ2n) is 4.34. The molecule has 0 saturated carbocycles. The summed E-state index contributed by atoms with van der Waals surface area (Å²) in [5, 5.41) is 11.6. The minimum absolute atomic E-state index is 0.129. The van der Waals surface area contributed by atoms with Gasteiger partial charge in [-0.25, -0.2) is 4.79 Å². The van der Waals surface area contributed by atoms with E-state index in [1.54, 1.807) is 11.8 Å². The first kappa shape index (κ1) is 13.4. The number of thioether (sulfide) groups is 1. The van der Waals surface area contributed by atoms with Crippen molar-refractivity contribution in [1.82, 2.24) is 5.32 Å². The van der Waals surface area contributed by atoms with E-state index in [1.807, 2.05) is 13.8 Å². The van der Waals surface area contributed by atoms with Gasteiger partial charge in [-0.1, -0.05) is 13.3 Å². The molecule has 2 unspecified atom stereocenters. The molecule has 0 bridgehead atoms. The topological polar surface area (TPSA) is 66.4 Å². The van der Waals surface area contributed by atoms with Crippen LogP contribution >= 0.6 is 11.8 Å². The fourth-order valence-corrected chi connectivity index (χ4v) is 3.03. The number of carboxylic acids is 1. The fraction of sp³-hybridized carbons (Fsp3) is 0.818. The summed E-state index contributed by atoms with van der Waals surface area (Å²) < 4.78 is -0.429. The van der Waals surface area contributed by atoms with Crippen LogP contribution in [0.1, 0.15) is 39.5 Å². The molecule has 0 aromatic rings. The molecule has 0 aromatic carbocycles. The summed E-state index contributed by atoms with van der Waals surface area (Å²) in [6.45, 7) is 3.80. The van der Waals surface area contributed by atoms with Crippen LogP contribution in [0.4, 0.5) is 0 Å². The second-order valence-corrected chi connectivity index (χ2v) is 5.93. The van der Waals surface area contributed by atoms with Crippen molar-refractivity contribution in [2.45, 2.75) is 50.3 Å². The Hall–Kier alpha value is -0.710. The van der Waals surface area contributed by atoms with Gasteiger partial charge in [0, 0.05) is 0 Å². The fourth-order valence-electron chi connectivity index (χ4n) is 1.82. The van der Waals surface area contributed by atoms with Crippen molar-refractivity contribution in [2.75, 3.05) is 5.75 Å². The zero-order chi connectivity index (χ0) is 12.2. The summed E-state index contributed by atoms with van der Waals surface area (Å²) in [7, 11) is 0.